The lowest BCUT2D eigenvalue weighted by Gasteiger charge is -1.94. The van der Waals surface area contributed by atoms with E-state index in [9.17, 15) is 0 Å². The Morgan fingerprint density at radius 3 is 2.75 bits per heavy atom. The van der Waals surface area contributed by atoms with Gasteiger partial charge in [-0.2, -0.15) is 0 Å². The highest BCUT2D eigenvalue weighted by atomic mass is 14.9. The number of rotatable bonds is 1. The van der Waals surface area contributed by atoms with Crippen LogP contribution in [0.4, 0.5) is 0 Å². The van der Waals surface area contributed by atoms with Gasteiger partial charge >= 0.3 is 0 Å². The molecule has 0 N–H and O–H groups in total. The van der Waals surface area contributed by atoms with Crippen LogP contribution < -0.4 is 0 Å². The average molecular weight is 157 g/mol. The van der Waals surface area contributed by atoms with Crippen LogP contribution in [-0.4, -0.2) is 19.9 Å². The van der Waals surface area contributed by atoms with E-state index in [0.29, 0.717) is 5.69 Å². The van der Waals surface area contributed by atoms with Crippen LogP contribution in [0.2, 0.25) is 0 Å². The molecule has 0 saturated heterocycles. The van der Waals surface area contributed by atoms with Crippen LogP contribution >= 0.6 is 0 Å². The van der Waals surface area contributed by atoms with Crippen molar-refractivity contribution in [3.8, 4) is 11.4 Å². The van der Waals surface area contributed by atoms with E-state index in [4.69, 9.17) is 0 Å². The molecule has 2 heterocycles. The van der Waals surface area contributed by atoms with Gasteiger partial charge in [-0.25, -0.2) is 9.97 Å². The topological polar surface area (TPSA) is 51.6 Å². The Labute approximate surface area is 69.4 Å². The fourth-order valence-corrected chi connectivity index (χ4v) is 0.823. The summed E-state index contributed by atoms with van der Waals surface area (Å²) in [7, 11) is 0. The molecule has 2 aromatic heterocycles. The van der Waals surface area contributed by atoms with E-state index in [0.717, 1.165) is 5.69 Å². The highest BCUT2D eigenvalue weighted by Gasteiger charge is 1.97. The van der Waals surface area contributed by atoms with Gasteiger partial charge in [-0.1, -0.05) is 0 Å². The minimum atomic E-state index is 0.639. The lowest BCUT2D eigenvalue weighted by molar-refractivity contribution is 1.12. The number of aromatic nitrogens is 4. The Balaban J connectivity index is 2.46. The second-order valence-electron chi connectivity index (χ2n) is 2.11. The van der Waals surface area contributed by atoms with Crippen molar-refractivity contribution in [2.45, 2.75) is 0 Å². The molecule has 1 radical (unpaired) electrons. The highest BCUT2D eigenvalue weighted by molar-refractivity contribution is 5.50. The third-order valence-corrected chi connectivity index (χ3v) is 1.34. The monoisotopic (exact) mass is 157 g/mol. The third-order valence-electron chi connectivity index (χ3n) is 1.34. The molecule has 0 aliphatic carbocycles. The van der Waals surface area contributed by atoms with Gasteiger partial charge in [0.25, 0.3) is 0 Å². The average Bonchev–Trinajstić information content (AvgIpc) is 2.21. The zero-order chi connectivity index (χ0) is 8.23. The summed E-state index contributed by atoms with van der Waals surface area (Å²) in [6.45, 7) is 0. The molecule has 0 aromatic carbocycles. The summed E-state index contributed by atoms with van der Waals surface area (Å²) >= 11 is 0. The van der Waals surface area contributed by atoms with Gasteiger partial charge in [-0.05, 0) is 6.07 Å². The van der Waals surface area contributed by atoms with Crippen molar-refractivity contribution in [2.75, 3.05) is 0 Å². The second kappa shape index (κ2) is 3.04. The molecule has 4 heteroatoms. The van der Waals surface area contributed by atoms with Crippen LogP contribution in [0.5, 0.6) is 0 Å². The van der Waals surface area contributed by atoms with Crippen molar-refractivity contribution in [1.82, 2.24) is 19.9 Å². The van der Waals surface area contributed by atoms with Crippen LogP contribution in [0.25, 0.3) is 11.4 Å². The molecule has 0 atom stereocenters. The molecule has 0 amide bonds. The van der Waals surface area contributed by atoms with Gasteiger partial charge in [0.1, 0.15) is 18.2 Å². The highest BCUT2D eigenvalue weighted by Crippen LogP contribution is 2.08. The Hall–Kier alpha value is -1.84. The molecule has 0 bridgehead atoms. The quantitative estimate of drug-likeness (QED) is 0.612. The van der Waals surface area contributed by atoms with Crippen molar-refractivity contribution in [3.63, 3.8) is 0 Å². The van der Waals surface area contributed by atoms with E-state index in [-0.39, 0.29) is 0 Å². The van der Waals surface area contributed by atoms with Crippen molar-refractivity contribution in [1.29, 1.82) is 0 Å². The summed E-state index contributed by atoms with van der Waals surface area (Å²) in [6.07, 6.45) is 9.04. The third kappa shape index (κ3) is 1.27. The summed E-state index contributed by atoms with van der Waals surface area (Å²) in [4.78, 5) is 15.7. The number of hydrogen-bond donors (Lipinski definition) is 0. The maximum atomic E-state index is 4.04. The molecular formula is C8H5N4. The zero-order valence-corrected chi connectivity index (χ0v) is 6.18. The smallest absolute Gasteiger partial charge is 0.119 e. The van der Waals surface area contributed by atoms with Crippen molar-refractivity contribution >= 4 is 0 Å². The molecule has 0 unspecified atom stereocenters. The summed E-state index contributed by atoms with van der Waals surface area (Å²) in [5, 5.41) is 0. The molecule has 0 spiro atoms. The molecule has 0 aliphatic heterocycles. The van der Waals surface area contributed by atoms with Gasteiger partial charge in [0.05, 0.1) is 5.69 Å². The lowest BCUT2D eigenvalue weighted by Crippen LogP contribution is -1.87. The molecule has 2 rings (SSSR count). The van der Waals surface area contributed by atoms with Crippen molar-refractivity contribution in [3.05, 3.63) is 37.2 Å². The minimum absolute atomic E-state index is 0.639. The van der Waals surface area contributed by atoms with Crippen LogP contribution in [0.1, 0.15) is 0 Å². The zero-order valence-electron chi connectivity index (χ0n) is 6.18. The first-order valence-corrected chi connectivity index (χ1v) is 3.42. The SMILES string of the molecule is [c]1nccnc1-c1ccncn1. The van der Waals surface area contributed by atoms with Gasteiger partial charge in [-0.3, -0.25) is 9.97 Å². The normalized spacial score (nSPS) is 9.67. The fraction of sp³-hybridized carbons (Fsp3) is 0. The van der Waals surface area contributed by atoms with E-state index < -0.39 is 0 Å². The predicted molar refractivity (Wildman–Crippen MR) is 41.9 cm³/mol. The molecule has 0 saturated carbocycles. The second-order valence-corrected chi connectivity index (χ2v) is 2.11. The molecule has 12 heavy (non-hydrogen) atoms. The summed E-state index contributed by atoms with van der Waals surface area (Å²) < 4.78 is 0. The Kier molecular flexibility index (Phi) is 1.74. The van der Waals surface area contributed by atoms with E-state index in [1.54, 1.807) is 24.7 Å². The van der Waals surface area contributed by atoms with E-state index in [2.05, 4.69) is 26.1 Å². The Morgan fingerprint density at radius 2 is 2.08 bits per heavy atom. The van der Waals surface area contributed by atoms with Crippen molar-refractivity contribution in [2.24, 2.45) is 0 Å². The largest absolute Gasteiger partial charge is 0.251 e. The summed E-state index contributed by atoms with van der Waals surface area (Å²) in [5.74, 6) is 0. The molecule has 57 valence electrons. The Morgan fingerprint density at radius 1 is 1.08 bits per heavy atom. The minimum Gasteiger partial charge on any atom is -0.251 e. The van der Waals surface area contributed by atoms with E-state index >= 15 is 0 Å². The van der Waals surface area contributed by atoms with Crippen molar-refractivity contribution < 1.29 is 0 Å². The van der Waals surface area contributed by atoms with E-state index in [1.165, 1.54) is 6.33 Å². The molecule has 0 aliphatic rings. The first-order chi connectivity index (χ1) is 5.97. The summed E-state index contributed by atoms with van der Waals surface area (Å²) in [6, 6.07) is 1.76. The van der Waals surface area contributed by atoms with Gasteiger partial charge in [0.15, 0.2) is 0 Å². The van der Waals surface area contributed by atoms with Crippen LogP contribution in [0, 0.1) is 6.20 Å². The maximum Gasteiger partial charge on any atom is 0.119 e. The number of nitrogens with zero attached hydrogens (tertiary/aromatic N) is 4. The molecule has 0 fully saturated rings. The lowest BCUT2D eigenvalue weighted by atomic mass is 10.3. The summed E-state index contributed by atoms with van der Waals surface area (Å²) in [5.41, 5.74) is 1.37. The van der Waals surface area contributed by atoms with Gasteiger partial charge < -0.3 is 0 Å². The fourth-order valence-electron chi connectivity index (χ4n) is 0.823. The van der Waals surface area contributed by atoms with Crippen LogP contribution in [0.3, 0.4) is 0 Å². The molecular weight excluding hydrogens is 152 g/mol. The predicted octanol–water partition coefficient (Wildman–Crippen LogP) is 0.734. The van der Waals surface area contributed by atoms with Gasteiger partial charge in [0.2, 0.25) is 0 Å². The number of hydrogen-bond acceptors (Lipinski definition) is 4. The molecule has 2 aromatic rings. The molecule has 4 nitrogen and oxygen atoms in total. The maximum absolute atomic E-state index is 4.04. The van der Waals surface area contributed by atoms with Gasteiger partial charge in [-0.15, -0.1) is 0 Å². The standard InChI is InChI=1S/C8H5N4/c1-2-10-6-12-7(1)8-5-9-3-4-11-8/h1-4,6H. The Bertz CT molecular complexity index is 308. The van der Waals surface area contributed by atoms with Crippen LogP contribution in [0.15, 0.2) is 31.0 Å². The van der Waals surface area contributed by atoms with E-state index in [1.807, 2.05) is 0 Å². The first-order valence-electron chi connectivity index (χ1n) is 3.42. The van der Waals surface area contributed by atoms with Crippen LogP contribution in [-0.2, 0) is 0 Å². The first kappa shape index (κ1) is 6.84. The van der Waals surface area contributed by atoms with Gasteiger partial charge in [0, 0.05) is 18.6 Å².